The van der Waals surface area contributed by atoms with Crippen LogP contribution in [0.5, 0.6) is 0 Å². The molecular weight excluding hydrogens is 344 g/mol. The van der Waals surface area contributed by atoms with E-state index in [0.29, 0.717) is 25.1 Å². The second-order valence-corrected chi connectivity index (χ2v) is 7.52. The molecule has 0 spiro atoms. The number of carbonyl (C=O) groups excluding carboxylic acids is 1. The Morgan fingerprint density at radius 3 is 3.07 bits per heavy atom. The van der Waals surface area contributed by atoms with Crippen molar-refractivity contribution in [1.82, 2.24) is 25.3 Å². The van der Waals surface area contributed by atoms with Crippen LogP contribution in [-0.4, -0.2) is 65.3 Å². The lowest BCUT2D eigenvalue weighted by Gasteiger charge is -2.46. The number of aromatic nitrogens is 4. The Hall–Kier alpha value is -2.32. The molecular formula is C19H27N6O2+. The summed E-state index contributed by atoms with van der Waals surface area (Å²) in [5.74, 6) is 0.779. The molecule has 3 aliphatic rings. The summed E-state index contributed by atoms with van der Waals surface area (Å²) in [6.07, 6.45) is 5.93. The number of methoxy groups -OCH3 is 1. The van der Waals surface area contributed by atoms with Gasteiger partial charge in [-0.1, -0.05) is 11.3 Å². The number of hydrogen-bond acceptors (Lipinski definition) is 5. The van der Waals surface area contributed by atoms with Gasteiger partial charge in [-0.05, 0) is 18.1 Å². The zero-order valence-corrected chi connectivity index (χ0v) is 15.7. The van der Waals surface area contributed by atoms with Gasteiger partial charge in [0.05, 0.1) is 44.0 Å². The van der Waals surface area contributed by atoms with Crippen LogP contribution in [0.2, 0.25) is 0 Å². The van der Waals surface area contributed by atoms with E-state index in [1.807, 2.05) is 29.1 Å². The third kappa shape index (κ3) is 4.01. The lowest BCUT2D eigenvalue weighted by molar-refractivity contribution is -0.945. The van der Waals surface area contributed by atoms with E-state index >= 15 is 0 Å². The monoisotopic (exact) mass is 371 g/mol. The smallest absolute Gasteiger partial charge is 0.229 e. The molecule has 5 rings (SSSR count). The van der Waals surface area contributed by atoms with Gasteiger partial charge in [0.15, 0.2) is 0 Å². The Labute approximate surface area is 158 Å². The molecule has 5 heterocycles. The average Bonchev–Trinajstić information content (AvgIpc) is 3.18. The van der Waals surface area contributed by atoms with Crippen LogP contribution >= 0.6 is 0 Å². The first-order valence-corrected chi connectivity index (χ1v) is 9.67. The van der Waals surface area contributed by atoms with Gasteiger partial charge in [0.1, 0.15) is 11.7 Å². The van der Waals surface area contributed by atoms with E-state index in [2.05, 4.69) is 20.6 Å². The largest absolute Gasteiger partial charge is 0.383 e. The number of nitrogens with one attached hydrogen (secondary N) is 2. The lowest BCUT2D eigenvalue weighted by atomic mass is 9.75. The van der Waals surface area contributed by atoms with Gasteiger partial charge in [-0.3, -0.25) is 9.78 Å². The Morgan fingerprint density at radius 2 is 2.33 bits per heavy atom. The molecule has 0 aliphatic carbocycles. The number of nitrogens with zero attached hydrogens (tertiary/aromatic N) is 4. The second-order valence-electron chi connectivity index (χ2n) is 7.52. The highest BCUT2D eigenvalue weighted by Crippen LogP contribution is 2.27. The van der Waals surface area contributed by atoms with E-state index < -0.39 is 0 Å². The lowest BCUT2D eigenvalue weighted by Crippen LogP contribution is -3.20. The maximum Gasteiger partial charge on any atom is 0.229 e. The Balaban J connectivity index is 1.36. The number of rotatable bonds is 7. The third-order valence-electron chi connectivity index (χ3n) is 5.87. The van der Waals surface area contributed by atoms with Crippen molar-refractivity contribution in [2.24, 2.45) is 11.8 Å². The maximum atomic E-state index is 12.5. The van der Waals surface area contributed by atoms with Gasteiger partial charge in [-0.15, -0.1) is 5.10 Å². The quantitative estimate of drug-likeness (QED) is 0.635. The molecule has 1 unspecified atom stereocenters. The fraction of sp³-hybridized carbons (Fsp3) is 0.579. The molecule has 8 heteroatoms. The number of pyridine rings is 1. The molecule has 2 bridgehead atoms. The molecule has 8 nitrogen and oxygen atoms in total. The zero-order chi connectivity index (χ0) is 18.6. The van der Waals surface area contributed by atoms with Crippen LogP contribution in [0, 0.1) is 11.8 Å². The van der Waals surface area contributed by atoms with Gasteiger partial charge in [0, 0.05) is 32.7 Å². The predicted octanol–water partition coefficient (Wildman–Crippen LogP) is -0.604. The van der Waals surface area contributed by atoms with Crippen molar-refractivity contribution in [3.63, 3.8) is 0 Å². The second kappa shape index (κ2) is 8.14. The number of hydrogen-bond donors (Lipinski definition) is 2. The highest BCUT2D eigenvalue weighted by atomic mass is 16.5. The normalized spacial score (nSPS) is 26.9. The van der Waals surface area contributed by atoms with Crippen molar-refractivity contribution >= 4 is 5.91 Å². The Morgan fingerprint density at radius 1 is 1.41 bits per heavy atom. The van der Waals surface area contributed by atoms with E-state index in [-0.39, 0.29) is 11.8 Å². The molecule has 4 atom stereocenters. The maximum absolute atomic E-state index is 12.5. The van der Waals surface area contributed by atoms with Crippen LogP contribution in [-0.2, 0) is 16.1 Å². The Bertz CT molecular complexity index is 765. The molecule has 3 saturated heterocycles. The standard InChI is InChI=1S/C19H26N6O2/c1-27-9-7-21-19(26)16-12-24-8-5-14(16)10-15(24)11-25-13-18(22-23-25)17-4-2-3-6-20-17/h2-4,6,13-16H,5,7-12H2,1H3,(H,21,26)/p+1/t14-,15-,16+/m1/s1. The molecule has 2 aromatic heterocycles. The number of quaternary nitrogens is 1. The first kappa shape index (κ1) is 18.1. The summed E-state index contributed by atoms with van der Waals surface area (Å²) >= 11 is 0. The molecule has 2 aromatic rings. The number of piperidine rings is 3. The highest BCUT2D eigenvalue weighted by Gasteiger charge is 2.46. The average molecular weight is 371 g/mol. The van der Waals surface area contributed by atoms with Gasteiger partial charge >= 0.3 is 0 Å². The minimum atomic E-state index is 0.127. The van der Waals surface area contributed by atoms with Gasteiger partial charge < -0.3 is 15.0 Å². The molecule has 2 N–H and O–H groups in total. The van der Waals surface area contributed by atoms with E-state index in [0.717, 1.165) is 43.9 Å². The van der Waals surface area contributed by atoms with Crippen LogP contribution in [0.3, 0.4) is 0 Å². The summed E-state index contributed by atoms with van der Waals surface area (Å²) in [4.78, 5) is 18.3. The third-order valence-corrected chi connectivity index (χ3v) is 5.87. The summed E-state index contributed by atoms with van der Waals surface area (Å²) in [5, 5.41) is 11.6. The Kier molecular flexibility index (Phi) is 5.45. The molecule has 0 aromatic carbocycles. The van der Waals surface area contributed by atoms with Crippen LogP contribution in [0.4, 0.5) is 0 Å². The molecule has 0 saturated carbocycles. The van der Waals surface area contributed by atoms with E-state index in [1.165, 1.54) is 4.90 Å². The van der Waals surface area contributed by atoms with Gasteiger partial charge in [0.25, 0.3) is 0 Å². The van der Waals surface area contributed by atoms with Crippen molar-refractivity contribution < 1.29 is 14.4 Å². The molecule has 27 heavy (non-hydrogen) atoms. The fourth-order valence-corrected chi connectivity index (χ4v) is 4.47. The van der Waals surface area contributed by atoms with E-state index in [9.17, 15) is 4.79 Å². The first-order chi connectivity index (χ1) is 13.2. The molecule has 3 fully saturated rings. The molecule has 1 amide bonds. The summed E-state index contributed by atoms with van der Waals surface area (Å²) in [5.41, 5.74) is 1.64. The summed E-state index contributed by atoms with van der Waals surface area (Å²) in [6.45, 7) is 4.04. The number of fused-ring (bicyclic) bond motifs is 3. The van der Waals surface area contributed by atoms with Crippen molar-refractivity contribution in [2.45, 2.75) is 25.4 Å². The molecule has 3 aliphatic heterocycles. The topological polar surface area (TPSA) is 86.4 Å². The van der Waals surface area contributed by atoms with Crippen molar-refractivity contribution in [3.05, 3.63) is 30.6 Å². The minimum absolute atomic E-state index is 0.127. The van der Waals surface area contributed by atoms with Crippen molar-refractivity contribution in [2.75, 3.05) is 33.4 Å². The van der Waals surface area contributed by atoms with Crippen molar-refractivity contribution in [1.29, 1.82) is 0 Å². The van der Waals surface area contributed by atoms with Gasteiger partial charge in [-0.2, -0.15) is 0 Å². The fourth-order valence-electron chi connectivity index (χ4n) is 4.47. The van der Waals surface area contributed by atoms with Crippen molar-refractivity contribution in [3.8, 4) is 11.4 Å². The van der Waals surface area contributed by atoms with Gasteiger partial charge in [-0.25, -0.2) is 4.68 Å². The summed E-state index contributed by atoms with van der Waals surface area (Å²) in [7, 11) is 1.65. The first-order valence-electron chi connectivity index (χ1n) is 9.67. The summed E-state index contributed by atoms with van der Waals surface area (Å²) < 4.78 is 6.95. The van der Waals surface area contributed by atoms with Crippen LogP contribution < -0.4 is 10.2 Å². The predicted molar refractivity (Wildman–Crippen MR) is 98.8 cm³/mol. The SMILES string of the molecule is COCCNC(=O)[C@H]1C[NH+]2CC[C@@H]1C[C@@H]2Cn1cc(-c2ccccn2)nn1. The number of ether oxygens (including phenoxy) is 1. The number of carbonyl (C=O) groups is 1. The van der Waals surface area contributed by atoms with E-state index in [1.54, 1.807) is 13.3 Å². The highest BCUT2D eigenvalue weighted by molar-refractivity contribution is 5.79. The summed E-state index contributed by atoms with van der Waals surface area (Å²) in [6, 6.07) is 6.28. The molecule has 144 valence electrons. The number of amides is 1. The van der Waals surface area contributed by atoms with E-state index in [4.69, 9.17) is 4.74 Å². The van der Waals surface area contributed by atoms with Gasteiger partial charge in [0.2, 0.25) is 5.91 Å². The van der Waals surface area contributed by atoms with Crippen LogP contribution in [0.15, 0.2) is 30.6 Å². The minimum Gasteiger partial charge on any atom is -0.383 e. The van der Waals surface area contributed by atoms with Crippen LogP contribution in [0.1, 0.15) is 12.8 Å². The zero-order valence-electron chi connectivity index (χ0n) is 15.7. The molecule has 0 radical (unpaired) electrons. The van der Waals surface area contributed by atoms with Crippen LogP contribution in [0.25, 0.3) is 11.4 Å².